The Morgan fingerprint density at radius 1 is 1.24 bits per heavy atom. The molecule has 0 heterocycles. The fraction of sp³-hybridized carbons (Fsp3) is 0.529. The Labute approximate surface area is 149 Å². The molecular formula is C17H26N2O5S. The highest BCUT2D eigenvalue weighted by atomic mass is 32.2. The van der Waals surface area contributed by atoms with Crippen LogP contribution in [0.25, 0.3) is 0 Å². The van der Waals surface area contributed by atoms with Crippen molar-refractivity contribution in [3.05, 3.63) is 35.9 Å². The van der Waals surface area contributed by atoms with Gasteiger partial charge in [-0.15, -0.1) is 0 Å². The molecule has 1 aromatic rings. The largest absolute Gasteiger partial charge is 0.375 e. The summed E-state index contributed by atoms with van der Waals surface area (Å²) in [7, 11) is -3.62. The average Bonchev–Trinajstić information content (AvgIpc) is 2.50. The van der Waals surface area contributed by atoms with Crippen molar-refractivity contribution in [1.29, 1.82) is 0 Å². The van der Waals surface area contributed by atoms with Gasteiger partial charge in [0.2, 0.25) is 15.9 Å². The fourth-order valence-electron chi connectivity index (χ4n) is 2.00. The van der Waals surface area contributed by atoms with Crippen LogP contribution in [0.5, 0.6) is 0 Å². The van der Waals surface area contributed by atoms with Gasteiger partial charge in [-0.1, -0.05) is 51.1 Å². The maximum Gasteiger partial charge on any atom is 0.241 e. The first-order valence-electron chi connectivity index (χ1n) is 7.87. The van der Waals surface area contributed by atoms with Gasteiger partial charge in [0.15, 0.2) is 0 Å². The summed E-state index contributed by atoms with van der Waals surface area (Å²) >= 11 is 0. The number of hydrogen-bond donors (Lipinski definition) is 2. The summed E-state index contributed by atoms with van der Waals surface area (Å²) in [5.41, 5.74) is 0.416. The smallest absolute Gasteiger partial charge is 0.241 e. The Morgan fingerprint density at radius 3 is 2.32 bits per heavy atom. The second-order valence-corrected chi connectivity index (χ2v) is 8.71. The van der Waals surface area contributed by atoms with E-state index >= 15 is 0 Å². The lowest BCUT2D eigenvalue weighted by Crippen LogP contribution is -2.54. The molecule has 140 valence electrons. The zero-order valence-electron chi connectivity index (χ0n) is 15.0. The number of carbonyl (C=O) groups is 2. The molecule has 7 nitrogen and oxygen atoms in total. The third kappa shape index (κ3) is 8.24. The van der Waals surface area contributed by atoms with E-state index in [-0.39, 0.29) is 13.2 Å². The Balaban J connectivity index is 2.74. The average molecular weight is 370 g/mol. The van der Waals surface area contributed by atoms with E-state index in [1.54, 1.807) is 20.8 Å². The Hall–Kier alpha value is -1.77. The zero-order valence-corrected chi connectivity index (χ0v) is 15.8. The van der Waals surface area contributed by atoms with Crippen LogP contribution in [0.3, 0.4) is 0 Å². The van der Waals surface area contributed by atoms with Gasteiger partial charge in [-0.3, -0.25) is 4.79 Å². The number of nitrogens with one attached hydrogen (secondary N) is 2. The number of amides is 1. The molecule has 2 atom stereocenters. The molecule has 2 N–H and O–H groups in total. The second-order valence-electron chi connectivity index (χ2n) is 6.93. The standard InChI is InChI=1S/C17H26N2O5S/c1-17(2,3)15(10-20)18-16(21)14(19-25(4,22)23)12-24-11-13-8-6-5-7-9-13/h5-10,14-15,19H,11-12H2,1-4H3,(H,18,21)/t14-,15-/m1/s1. The molecular weight excluding hydrogens is 344 g/mol. The van der Waals surface area contributed by atoms with Crippen molar-refractivity contribution in [2.75, 3.05) is 12.9 Å². The SMILES string of the molecule is CC(C)(C)[C@@H](C=O)NC(=O)[C@@H](COCc1ccccc1)NS(C)(=O)=O. The van der Waals surface area contributed by atoms with Crippen LogP contribution < -0.4 is 10.0 Å². The van der Waals surface area contributed by atoms with E-state index in [0.717, 1.165) is 11.8 Å². The molecule has 0 aliphatic heterocycles. The molecule has 0 saturated heterocycles. The molecule has 0 unspecified atom stereocenters. The Bertz CT molecular complexity index is 668. The highest BCUT2D eigenvalue weighted by Gasteiger charge is 2.30. The van der Waals surface area contributed by atoms with Crippen molar-refractivity contribution in [2.24, 2.45) is 5.41 Å². The van der Waals surface area contributed by atoms with Gasteiger partial charge in [-0.2, -0.15) is 0 Å². The van der Waals surface area contributed by atoms with Crippen LogP contribution in [0.2, 0.25) is 0 Å². The van der Waals surface area contributed by atoms with Crippen molar-refractivity contribution in [3.63, 3.8) is 0 Å². The predicted octanol–water partition coefficient (Wildman–Crippen LogP) is 0.851. The highest BCUT2D eigenvalue weighted by molar-refractivity contribution is 7.88. The second kappa shape index (κ2) is 9.07. The first-order valence-corrected chi connectivity index (χ1v) is 9.76. The van der Waals surface area contributed by atoms with Crippen molar-refractivity contribution in [1.82, 2.24) is 10.0 Å². The molecule has 0 aromatic heterocycles. The molecule has 0 aliphatic rings. The number of hydrogen-bond acceptors (Lipinski definition) is 5. The summed E-state index contributed by atoms with van der Waals surface area (Å²) in [4.78, 5) is 23.6. The lowest BCUT2D eigenvalue weighted by Gasteiger charge is -2.28. The Kier molecular flexibility index (Phi) is 7.72. The van der Waals surface area contributed by atoms with Gasteiger partial charge in [-0.05, 0) is 11.0 Å². The molecule has 0 radical (unpaired) electrons. The molecule has 0 aliphatic carbocycles. The third-order valence-corrected chi connectivity index (χ3v) is 4.15. The van der Waals surface area contributed by atoms with Gasteiger partial charge < -0.3 is 14.8 Å². The van der Waals surface area contributed by atoms with Gasteiger partial charge >= 0.3 is 0 Å². The van der Waals surface area contributed by atoms with Gasteiger partial charge in [0.1, 0.15) is 12.3 Å². The highest BCUT2D eigenvalue weighted by Crippen LogP contribution is 2.17. The van der Waals surface area contributed by atoms with E-state index in [2.05, 4.69) is 10.0 Å². The van der Waals surface area contributed by atoms with E-state index in [4.69, 9.17) is 4.74 Å². The van der Waals surface area contributed by atoms with Crippen molar-refractivity contribution < 1.29 is 22.7 Å². The maximum atomic E-state index is 12.4. The topological polar surface area (TPSA) is 102 Å². The summed E-state index contributed by atoms with van der Waals surface area (Å²) < 4.78 is 30.7. The van der Waals surface area contributed by atoms with Gasteiger partial charge in [0.05, 0.1) is 25.5 Å². The van der Waals surface area contributed by atoms with Crippen LogP contribution in [0, 0.1) is 5.41 Å². The number of rotatable bonds is 9. The monoisotopic (exact) mass is 370 g/mol. The first kappa shape index (κ1) is 21.3. The molecule has 25 heavy (non-hydrogen) atoms. The molecule has 1 rings (SSSR count). The van der Waals surface area contributed by atoms with Crippen molar-refractivity contribution in [2.45, 2.75) is 39.5 Å². The number of aldehydes is 1. The van der Waals surface area contributed by atoms with Crippen molar-refractivity contribution in [3.8, 4) is 0 Å². The van der Waals surface area contributed by atoms with E-state index in [1.807, 2.05) is 30.3 Å². The first-order chi connectivity index (χ1) is 11.5. The number of sulfonamides is 1. The molecule has 0 saturated carbocycles. The summed E-state index contributed by atoms with van der Waals surface area (Å²) in [5.74, 6) is -0.606. The minimum Gasteiger partial charge on any atom is -0.375 e. The number of benzene rings is 1. The summed E-state index contributed by atoms with van der Waals surface area (Å²) in [6.45, 7) is 5.50. The van der Waals surface area contributed by atoms with E-state index < -0.39 is 33.4 Å². The van der Waals surface area contributed by atoms with Crippen LogP contribution in [-0.4, -0.2) is 45.6 Å². The lowest BCUT2D eigenvalue weighted by atomic mass is 9.87. The molecule has 8 heteroatoms. The van der Waals surface area contributed by atoms with Crippen LogP contribution in [0.1, 0.15) is 26.3 Å². The fourth-order valence-corrected chi connectivity index (χ4v) is 2.69. The van der Waals surface area contributed by atoms with Crippen molar-refractivity contribution >= 4 is 22.2 Å². The van der Waals surface area contributed by atoms with E-state index in [9.17, 15) is 18.0 Å². The molecule has 1 aromatic carbocycles. The quantitative estimate of drug-likeness (QED) is 0.628. The lowest BCUT2D eigenvalue weighted by molar-refractivity contribution is -0.128. The summed E-state index contributed by atoms with van der Waals surface area (Å²) in [6.07, 6.45) is 1.60. The van der Waals surface area contributed by atoms with Crippen LogP contribution in [-0.2, 0) is 31.0 Å². The maximum absolute atomic E-state index is 12.4. The molecule has 1 amide bonds. The van der Waals surface area contributed by atoms with Gasteiger partial charge in [-0.25, -0.2) is 13.1 Å². The van der Waals surface area contributed by atoms with Crippen LogP contribution >= 0.6 is 0 Å². The number of carbonyl (C=O) groups excluding carboxylic acids is 2. The number of ether oxygens (including phenoxy) is 1. The normalized spacial score (nSPS) is 14.6. The van der Waals surface area contributed by atoms with E-state index in [0.29, 0.717) is 6.29 Å². The summed E-state index contributed by atoms with van der Waals surface area (Å²) in [5, 5.41) is 2.56. The molecule has 0 fully saturated rings. The minimum absolute atomic E-state index is 0.149. The van der Waals surface area contributed by atoms with E-state index in [1.165, 1.54) is 0 Å². The predicted molar refractivity (Wildman–Crippen MR) is 95.3 cm³/mol. The zero-order chi connectivity index (χ0) is 19.1. The van der Waals surface area contributed by atoms with Crippen LogP contribution in [0.15, 0.2) is 30.3 Å². The van der Waals surface area contributed by atoms with Crippen LogP contribution in [0.4, 0.5) is 0 Å². The van der Waals surface area contributed by atoms with Gasteiger partial charge in [0, 0.05) is 0 Å². The molecule has 0 spiro atoms. The third-order valence-electron chi connectivity index (χ3n) is 3.44. The Morgan fingerprint density at radius 2 is 1.84 bits per heavy atom. The van der Waals surface area contributed by atoms with Gasteiger partial charge in [0.25, 0.3) is 0 Å². The molecule has 0 bridgehead atoms. The minimum atomic E-state index is -3.62. The summed E-state index contributed by atoms with van der Waals surface area (Å²) in [6, 6.07) is 7.45.